The van der Waals surface area contributed by atoms with E-state index >= 15 is 43.2 Å². The molecule has 7 fully saturated rings. The van der Waals surface area contributed by atoms with Crippen LogP contribution in [0.3, 0.4) is 0 Å². The van der Waals surface area contributed by atoms with Gasteiger partial charge in [-0.2, -0.15) is 0 Å². The number of ketones is 1. The first-order chi connectivity index (χ1) is 59.7. The molecule has 32 nitrogen and oxygen atoms in total. The highest BCUT2D eigenvalue weighted by Gasteiger charge is 2.69. The summed E-state index contributed by atoms with van der Waals surface area (Å²) in [6.45, 7) is 11.3. The number of rotatable bonds is 25. The lowest BCUT2D eigenvalue weighted by atomic mass is 9.49. The van der Waals surface area contributed by atoms with Gasteiger partial charge in [0, 0.05) is 68.8 Å². The number of alkyl carbamates (subject to hydrolysis) is 1. The smallest absolute Gasteiger partial charge is 0.407 e. The number of likely N-dealkylation sites (tertiary alicyclic amines) is 3. The van der Waals surface area contributed by atoms with Crippen LogP contribution in [-0.4, -0.2) is 263 Å². The molecule has 2 aromatic rings. The summed E-state index contributed by atoms with van der Waals surface area (Å²) in [6, 6.07) is 2.98. The fourth-order valence-electron chi connectivity index (χ4n) is 20.7. The zero-order valence-electron chi connectivity index (χ0n) is 73.0. The van der Waals surface area contributed by atoms with Crippen LogP contribution in [0.1, 0.15) is 162 Å². The van der Waals surface area contributed by atoms with Gasteiger partial charge < -0.3 is 97.4 Å². The molecule has 5 aliphatic heterocycles. The summed E-state index contributed by atoms with van der Waals surface area (Å²) in [4.78, 5) is 197. The van der Waals surface area contributed by atoms with Gasteiger partial charge in [0.15, 0.2) is 11.4 Å². The zero-order valence-corrected chi connectivity index (χ0v) is 74.6. The first-order valence-electron chi connectivity index (χ1n) is 44.7. The predicted octanol–water partition coefficient (Wildman–Crippen LogP) is 2.14. The summed E-state index contributed by atoms with van der Waals surface area (Å²) < 4.78 is 17.8. The fourth-order valence-corrected chi connectivity index (χ4v) is 23.0. The minimum Gasteiger partial charge on any atom is -0.461 e. The Hall–Kier alpha value is -9.19. The Bertz CT molecular complexity index is 4380. The largest absolute Gasteiger partial charge is 0.461 e. The number of aliphatic hydroxyl groups excluding tert-OH is 3. The van der Waals surface area contributed by atoms with Gasteiger partial charge in [-0.1, -0.05) is 119 Å². The van der Waals surface area contributed by atoms with Crippen molar-refractivity contribution in [3.05, 3.63) is 120 Å². The molecule has 2 aromatic carbocycles. The van der Waals surface area contributed by atoms with Gasteiger partial charge in [0.2, 0.25) is 59.1 Å². The molecule has 14 N–H and O–H groups in total. The number of ether oxygens (including phenoxy) is 3. The molecule has 12 rings (SSSR count). The number of quaternary nitrogens is 1. The van der Waals surface area contributed by atoms with Gasteiger partial charge in [0.05, 0.1) is 56.5 Å². The Kier molecular flexibility index (Phi) is 32.4. The summed E-state index contributed by atoms with van der Waals surface area (Å²) in [5, 5.41) is 63.9. The second-order valence-corrected chi connectivity index (χ2v) is 39.5. The molecular formula is C91H128N13O19S2+. The number of carbonyl (C=O) groups is 13. The maximum absolute atomic E-state index is 15.8. The van der Waals surface area contributed by atoms with E-state index in [1.807, 2.05) is 31.2 Å². The average molecular weight is 1770 g/mol. The van der Waals surface area contributed by atoms with Crippen LogP contribution >= 0.6 is 21.6 Å². The molecule has 0 radical (unpaired) electrons. The van der Waals surface area contributed by atoms with Crippen molar-refractivity contribution in [1.29, 1.82) is 0 Å². The van der Waals surface area contributed by atoms with E-state index in [-0.39, 0.29) is 136 Å². The number of nitrogens with one attached hydrogen (secondary N) is 11. The third-order valence-electron chi connectivity index (χ3n) is 27.2. The Balaban J connectivity index is 0.849. The number of allylic oxidation sites excluding steroid dienone is 3. The van der Waals surface area contributed by atoms with Crippen molar-refractivity contribution in [1.82, 2.24) is 63.0 Å². The average Bonchev–Trinajstić information content (AvgIpc) is 1.57. The van der Waals surface area contributed by atoms with Crippen LogP contribution in [0, 0.1) is 40.9 Å². The SMILES string of the molecule is CO[C@@]1(C(=O)OCC(NC(=O)C2CSSCC(NC(=O)C(Cc3ccccc3)NC(=O)C3CCCN3C(=O)C3CCCN3C(=O)C3CCC[NH+](C)C3)C(=O)NC(Cc3ccccc3)C(=O)NC(CC3=CNC4C=CC=CC34)C(=O)NC(CCCCNC(=O)OC(C)(C)C)C(=O)NC(C(C)O)C(=O)N2)C(C)O)CCC2C3CCC4=CC(=O)CCC4C3C(O)CC21C. The highest BCUT2D eigenvalue weighted by Crippen LogP contribution is 2.66. The number of hydrogen-bond acceptors (Lipinski definition) is 22. The van der Waals surface area contributed by atoms with Crippen LogP contribution in [0.4, 0.5) is 4.79 Å². The second-order valence-electron chi connectivity index (χ2n) is 36.9. The van der Waals surface area contributed by atoms with E-state index in [4.69, 9.17) is 14.2 Å². The molecule has 0 bridgehead atoms. The van der Waals surface area contributed by atoms with Crippen molar-refractivity contribution in [3.63, 3.8) is 0 Å². The van der Waals surface area contributed by atoms with Crippen LogP contribution in [0.25, 0.3) is 0 Å². The third kappa shape index (κ3) is 23.2. The molecule has 22 unspecified atom stereocenters. The molecule has 4 saturated heterocycles. The maximum atomic E-state index is 15.8. The molecule has 125 heavy (non-hydrogen) atoms. The van der Waals surface area contributed by atoms with Crippen LogP contribution in [0.5, 0.6) is 0 Å². The number of methoxy groups -OCH3 is 1. The van der Waals surface area contributed by atoms with Crippen molar-refractivity contribution in [3.8, 4) is 0 Å². The van der Waals surface area contributed by atoms with E-state index < -0.39 is 167 Å². The van der Waals surface area contributed by atoms with Gasteiger partial charge >= 0.3 is 12.1 Å². The lowest BCUT2D eigenvalue weighted by Crippen LogP contribution is -3.10. The van der Waals surface area contributed by atoms with Gasteiger partial charge in [0.25, 0.3) is 0 Å². The number of amides is 11. The van der Waals surface area contributed by atoms with Gasteiger partial charge in [0.1, 0.15) is 66.6 Å². The van der Waals surface area contributed by atoms with Crippen LogP contribution in [0.2, 0.25) is 0 Å². The van der Waals surface area contributed by atoms with E-state index in [0.717, 1.165) is 46.5 Å². The summed E-state index contributed by atoms with van der Waals surface area (Å²) >= 11 is 0. The molecular weight excluding hydrogens is 1640 g/mol. The number of aliphatic hydroxyl groups is 3. The highest BCUT2D eigenvalue weighted by molar-refractivity contribution is 8.76. The predicted molar refractivity (Wildman–Crippen MR) is 466 cm³/mol. The molecule has 3 saturated carbocycles. The van der Waals surface area contributed by atoms with Crippen molar-refractivity contribution in [2.75, 3.05) is 65.0 Å². The number of benzene rings is 2. The zero-order chi connectivity index (χ0) is 89.6. The fraction of sp³-hybridized carbons (Fsp3) is 0.637. The number of piperidine rings is 1. The third-order valence-corrected chi connectivity index (χ3v) is 29.6. The molecule has 0 spiro atoms. The Morgan fingerprint density at radius 1 is 0.712 bits per heavy atom. The van der Waals surface area contributed by atoms with Crippen molar-refractivity contribution >= 4 is 98.5 Å². The molecule has 0 aromatic heterocycles. The molecule has 5 heterocycles. The first kappa shape index (κ1) is 94.9. The maximum Gasteiger partial charge on any atom is 0.407 e. The van der Waals surface area contributed by atoms with E-state index in [0.29, 0.717) is 81.2 Å². The number of nitrogens with zero attached hydrogens (tertiary/aromatic N) is 2. The molecule has 23 atom stereocenters. The van der Waals surface area contributed by atoms with Crippen molar-refractivity contribution in [2.24, 2.45) is 40.9 Å². The monoisotopic (exact) mass is 1770 g/mol. The Morgan fingerprint density at radius 3 is 2.07 bits per heavy atom. The van der Waals surface area contributed by atoms with Crippen LogP contribution in [0.15, 0.2) is 108 Å². The standard InChI is InChI=1S/C91H127N13O19S2/c1-52(105)69(49-122-87(119)91(121-8)37-36-63-62-34-32-56-44-59(107)33-35-61(56)75(62)74(108)46-90(63,91)6)98-82(114)71-51-125-124-50-70(99-79(111)67(43-55-24-13-10-14-25-55)97-83(115)72-30-20-40-103(72)86(118)73-31-21-41-104(73)85(117)57-26-19-39-102(7)48-57)81(113)95-66(42-54-22-11-9-12-23-54)78(110)96-68(45-58-47-93-64-28-16-15-27-60(58)64)80(112)94-65(77(109)101-76(53(2)106)84(116)100-71)29-17-18-38-92-88(120)123-89(3,4)5/h9-16,22-25,27-28,44,47,52-53,57,60-76,93,105-106,108H,17-21,26,29-43,45-46,48-51H2,1-8H3,(H,92,120)(H,94,112)(H,95,113)(H,96,110)(H,97,115)(H,98,114)(H,99,111)(H,100,116)(H,101,109)/p+1/t52?,53?,57?,60?,61?,62?,63?,64?,65?,66?,67?,68?,69?,70?,71?,72?,73?,74?,75?,76?,90?,91-/m1/s1. The highest BCUT2D eigenvalue weighted by atomic mass is 33.1. The van der Waals surface area contributed by atoms with Crippen LogP contribution < -0.4 is 58.1 Å². The normalized spacial score (nSPS) is 32.0. The molecule has 682 valence electrons. The topological polar surface area (TPSA) is 442 Å². The summed E-state index contributed by atoms with van der Waals surface area (Å²) in [7, 11) is 5.35. The van der Waals surface area contributed by atoms with Gasteiger partial charge in [-0.15, -0.1) is 0 Å². The lowest BCUT2D eigenvalue weighted by Gasteiger charge is -2.57. The minimum atomic E-state index is -1.86. The molecule has 10 aliphatic rings. The number of esters is 1. The number of hydrogen-bond donors (Lipinski definition) is 14. The Morgan fingerprint density at radius 2 is 1.38 bits per heavy atom. The number of unbranched alkanes of at least 4 members (excludes halogenated alkanes) is 1. The second kappa shape index (κ2) is 42.6. The first-order valence-corrected chi connectivity index (χ1v) is 47.2. The molecule has 34 heteroatoms. The molecule has 5 aliphatic carbocycles. The van der Waals surface area contributed by atoms with E-state index in [1.165, 1.54) is 30.8 Å². The number of carbonyl (C=O) groups excluding carboxylic acids is 13. The van der Waals surface area contributed by atoms with Crippen molar-refractivity contribution < 1.29 is 96.8 Å². The summed E-state index contributed by atoms with van der Waals surface area (Å²) in [5.41, 5.74) is -0.415. The van der Waals surface area contributed by atoms with Gasteiger partial charge in [-0.25, -0.2) is 9.59 Å². The molecule has 11 amide bonds. The summed E-state index contributed by atoms with van der Waals surface area (Å²) in [5.74, 6) is -9.75. The van der Waals surface area contributed by atoms with E-state index in [2.05, 4.69) is 60.2 Å². The summed E-state index contributed by atoms with van der Waals surface area (Å²) in [6.07, 6.45) is 13.0. The van der Waals surface area contributed by atoms with E-state index in [1.54, 1.807) is 98.6 Å². The van der Waals surface area contributed by atoms with Gasteiger partial charge in [-0.05, 0) is 190 Å². The lowest BCUT2D eigenvalue weighted by molar-refractivity contribution is -0.887. The minimum absolute atomic E-state index is 0.0132. The van der Waals surface area contributed by atoms with Crippen molar-refractivity contribution in [2.45, 2.75) is 260 Å². The number of fused-ring (bicyclic) bond motifs is 6. The quantitative estimate of drug-likeness (QED) is 0.0385. The van der Waals surface area contributed by atoms with Crippen LogP contribution in [-0.2, 0) is 84.6 Å². The van der Waals surface area contributed by atoms with Gasteiger partial charge in [-0.3, -0.25) is 52.7 Å². The Labute approximate surface area is 739 Å². The van der Waals surface area contributed by atoms with E-state index in [9.17, 15) is 34.5 Å².